The van der Waals surface area contributed by atoms with E-state index in [0.29, 0.717) is 31.8 Å². The molecular formula is C26H25FN4O2. The van der Waals surface area contributed by atoms with Crippen LogP contribution in [0.2, 0.25) is 0 Å². The van der Waals surface area contributed by atoms with E-state index in [2.05, 4.69) is 28.4 Å². The molecule has 0 unspecified atom stereocenters. The molecular weight excluding hydrogens is 419 g/mol. The molecule has 3 aromatic carbocycles. The molecule has 1 amide bonds. The quantitative estimate of drug-likeness (QED) is 0.508. The molecule has 6 nitrogen and oxygen atoms in total. The molecule has 0 saturated carbocycles. The van der Waals surface area contributed by atoms with Crippen molar-refractivity contribution in [3.63, 3.8) is 0 Å². The van der Waals surface area contributed by atoms with E-state index in [9.17, 15) is 14.0 Å². The highest BCUT2D eigenvalue weighted by molar-refractivity contribution is 5.90. The molecule has 4 aromatic rings. The lowest BCUT2D eigenvalue weighted by molar-refractivity contribution is -0.131. The van der Waals surface area contributed by atoms with E-state index in [1.165, 1.54) is 10.6 Å². The number of nitrogens with one attached hydrogen (secondary N) is 1. The van der Waals surface area contributed by atoms with Crippen LogP contribution >= 0.6 is 0 Å². The van der Waals surface area contributed by atoms with Gasteiger partial charge in [-0.1, -0.05) is 54.6 Å². The number of amides is 1. The minimum absolute atomic E-state index is 0.132. The lowest BCUT2D eigenvalue weighted by Crippen LogP contribution is -2.40. The zero-order chi connectivity index (χ0) is 22.8. The van der Waals surface area contributed by atoms with Gasteiger partial charge in [-0.15, -0.1) is 0 Å². The van der Waals surface area contributed by atoms with Gasteiger partial charge in [0.05, 0.1) is 12.1 Å². The smallest absolute Gasteiger partial charge is 0.342 e. The number of aromatic amines is 1. The normalized spacial score (nSPS) is 14.6. The van der Waals surface area contributed by atoms with Crippen molar-refractivity contribution >= 4 is 16.7 Å². The number of benzene rings is 3. The topological polar surface area (TPSA) is 71.0 Å². The van der Waals surface area contributed by atoms with E-state index in [1.807, 2.05) is 29.2 Å². The molecule has 0 bridgehead atoms. The van der Waals surface area contributed by atoms with Gasteiger partial charge in [0.1, 0.15) is 11.6 Å². The fourth-order valence-corrected chi connectivity index (χ4v) is 4.71. The number of likely N-dealkylation sites (tertiary alicyclic amines) is 1. The summed E-state index contributed by atoms with van der Waals surface area (Å²) in [4.78, 5) is 27.2. The molecule has 0 atom stereocenters. The predicted octanol–water partition coefficient (Wildman–Crippen LogP) is 3.88. The highest BCUT2D eigenvalue weighted by atomic mass is 19.1. The van der Waals surface area contributed by atoms with Crippen LogP contribution in [-0.2, 0) is 17.6 Å². The molecule has 5 rings (SSSR count). The van der Waals surface area contributed by atoms with E-state index in [1.54, 1.807) is 18.2 Å². The van der Waals surface area contributed by atoms with Crippen LogP contribution in [-0.4, -0.2) is 38.7 Å². The first-order valence-electron chi connectivity index (χ1n) is 11.3. The first-order chi connectivity index (χ1) is 16.1. The molecule has 0 spiro atoms. The number of para-hydroxylation sites is 1. The summed E-state index contributed by atoms with van der Waals surface area (Å²) in [5.74, 6) is 0.460. The monoisotopic (exact) mass is 444 g/mol. The Hall–Kier alpha value is -3.74. The molecule has 1 aromatic heterocycles. The van der Waals surface area contributed by atoms with Gasteiger partial charge in [-0.2, -0.15) is 5.10 Å². The van der Waals surface area contributed by atoms with Crippen LogP contribution in [0.5, 0.6) is 0 Å². The van der Waals surface area contributed by atoms with Crippen LogP contribution in [0, 0.1) is 11.7 Å². The van der Waals surface area contributed by atoms with E-state index in [4.69, 9.17) is 0 Å². The van der Waals surface area contributed by atoms with Crippen molar-refractivity contribution < 1.29 is 9.18 Å². The molecule has 33 heavy (non-hydrogen) atoms. The highest BCUT2D eigenvalue weighted by Gasteiger charge is 2.25. The zero-order valence-corrected chi connectivity index (χ0v) is 18.2. The van der Waals surface area contributed by atoms with Gasteiger partial charge < -0.3 is 4.90 Å². The molecule has 1 aliphatic rings. The fraction of sp³-hybridized carbons (Fsp3) is 0.269. The fourth-order valence-electron chi connectivity index (χ4n) is 4.71. The lowest BCUT2D eigenvalue weighted by Gasteiger charge is -2.32. The Kier molecular flexibility index (Phi) is 5.77. The number of fused-ring (bicyclic) bond motifs is 1. The Morgan fingerprint density at radius 2 is 1.73 bits per heavy atom. The minimum atomic E-state index is -0.462. The first kappa shape index (κ1) is 21.1. The summed E-state index contributed by atoms with van der Waals surface area (Å²) in [5, 5.41) is 8.85. The van der Waals surface area contributed by atoms with Crippen molar-refractivity contribution in [2.45, 2.75) is 25.7 Å². The molecule has 1 saturated heterocycles. The largest absolute Gasteiger partial charge is 0.348 e. The Morgan fingerprint density at radius 1 is 1.00 bits per heavy atom. The highest BCUT2D eigenvalue weighted by Crippen LogP contribution is 2.24. The lowest BCUT2D eigenvalue weighted by atomic mass is 9.92. The number of hydrogen-bond donors (Lipinski definition) is 1. The SMILES string of the molecule is O=C(Cc1cccc2ccccc12)N1CCC(Cc2n[nH]c(=O)n2-c2ccccc2F)CC1. The third-order valence-electron chi connectivity index (χ3n) is 6.50. The number of hydrogen-bond acceptors (Lipinski definition) is 3. The summed E-state index contributed by atoms with van der Waals surface area (Å²) in [5.41, 5.74) is 0.803. The summed E-state index contributed by atoms with van der Waals surface area (Å²) >= 11 is 0. The maximum atomic E-state index is 14.3. The number of piperidine rings is 1. The molecule has 1 N–H and O–H groups in total. The van der Waals surface area contributed by atoms with Gasteiger partial charge in [-0.05, 0) is 47.2 Å². The number of H-pyrrole nitrogens is 1. The van der Waals surface area contributed by atoms with Gasteiger partial charge in [0.25, 0.3) is 0 Å². The summed E-state index contributed by atoms with van der Waals surface area (Å²) < 4.78 is 15.6. The third-order valence-corrected chi connectivity index (χ3v) is 6.50. The Balaban J connectivity index is 1.24. The van der Waals surface area contributed by atoms with Crippen molar-refractivity contribution in [1.82, 2.24) is 19.7 Å². The number of halogens is 1. The summed E-state index contributed by atoms with van der Waals surface area (Å²) in [6, 6.07) is 20.4. The van der Waals surface area contributed by atoms with Crippen LogP contribution in [0.4, 0.5) is 4.39 Å². The van der Waals surface area contributed by atoms with E-state index in [0.717, 1.165) is 29.2 Å². The standard InChI is InChI=1S/C26H25FN4O2/c27-22-10-3-4-11-23(22)31-24(28-29-26(31)33)16-18-12-14-30(15-13-18)25(32)17-20-8-5-7-19-6-1-2-9-21(19)20/h1-11,18H,12-17H2,(H,29,33). The van der Waals surface area contributed by atoms with Crippen LogP contribution in [0.15, 0.2) is 71.5 Å². The molecule has 2 heterocycles. The number of rotatable bonds is 5. The predicted molar refractivity (Wildman–Crippen MR) is 125 cm³/mol. The van der Waals surface area contributed by atoms with Gasteiger partial charge in [0.2, 0.25) is 5.91 Å². The van der Waals surface area contributed by atoms with Gasteiger partial charge >= 0.3 is 5.69 Å². The number of carbonyl (C=O) groups excluding carboxylic acids is 1. The van der Waals surface area contributed by atoms with Crippen molar-refractivity contribution in [2.75, 3.05) is 13.1 Å². The van der Waals surface area contributed by atoms with Crippen LogP contribution in [0.1, 0.15) is 24.2 Å². The number of carbonyl (C=O) groups is 1. The summed E-state index contributed by atoms with van der Waals surface area (Å²) in [6.07, 6.45) is 2.58. The minimum Gasteiger partial charge on any atom is -0.342 e. The van der Waals surface area contributed by atoms with Crippen LogP contribution < -0.4 is 5.69 Å². The molecule has 0 radical (unpaired) electrons. The molecule has 1 aliphatic heterocycles. The maximum Gasteiger partial charge on any atom is 0.348 e. The summed E-state index contributed by atoms with van der Waals surface area (Å²) in [7, 11) is 0. The van der Waals surface area contributed by atoms with Crippen molar-refractivity contribution in [3.05, 3.63) is 94.4 Å². The van der Waals surface area contributed by atoms with Gasteiger partial charge in [0.15, 0.2) is 0 Å². The Bertz CT molecular complexity index is 1350. The second kappa shape index (κ2) is 9.02. The maximum absolute atomic E-state index is 14.3. The van der Waals surface area contributed by atoms with Crippen molar-refractivity contribution in [3.8, 4) is 5.69 Å². The summed E-state index contributed by atoms with van der Waals surface area (Å²) in [6.45, 7) is 1.34. The first-order valence-corrected chi connectivity index (χ1v) is 11.3. The van der Waals surface area contributed by atoms with E-state index < -0.39 is 11.5 Å². The van der Waals surface area contributed by atoms with Gasteiger partial charge in [-0.25, -0.2) is 18.9 Å². The Labute approximate surface area is 190 Å². The van der Waals surface area contributed by atoms with Gasteiger partial charge in [-0.3, -0.25) is 4.79 Å². The third kappa shape index (κ3) is 4.31. The number of nitrogens with zero attached hydrogens (tertiary/aromatic N) is 3. The molecule has 0 aliphatic carbocycles. The van der Waals surface area contributed by atoms with Crippen molar-refractivity contribution in [1.29, 1.82) is 0 Å². The van der Waals surface area contributed by atoms with Crippen molar-refractivity contribution in [2.24, 2.45) is 5.92 Å². The number of aromatic nitrogens is 3. The second-order valence-electron chi connectivity index (χ2n) is 8.58. The Morgan fingerprint density at radius 3 is 2.55 bits per heavy atom. The molecule has 1 fully saturated rings. The van der Waals surface area contributed by atoms with Gasteiger partial charge in [0, 0.05) is 19.5 Å². The van der Waals surface area contributed by atoms with Crippen LogP contribution in [0.3, 0.4) is 0 Å². The molecule has 7 heteroatoms. The van der Waals surface area contributed by atoms with E-state index >= 15 is 0 Å². The molecule has 168 valence electrons. The second-order valence-corrected chi connectivity index (χ2v) is 8.58. The zero-order valence-electron chi connectivity index (χ0n) is 18.2. The van der Waals surface area contributed by atoms with E-state index in [-0.39, 0.29) is 17.5 Å². The van der Waals surface area contributed by atoms with Crippen LogP contribution in [0.25, 0.3) is 16.5 Å². The average molecular weight is 445 g/mol. The average Bonchev–Trinajstić information content (AvgIpc) is 3.19.